The van der Waals surface area contributed by atoms with Crippen LogP contribution >= 0.6 is 23.1 Å². The van der Waals surface area contributed by atoms with Crippen LogP contribution in [0.4, 0.5) is 18.3 Å². The van der Waals surface area contributed by atoms with Crippen LogP contribution in [0.3, 0.4) is 0 Å². The molecule has 0 saturated carbocycles. The van der Waals surface area contributed by atoms with E-state index < -0.39 is 17.6 Å². The largest absolute Gasteiger partial charge is 0.416 e. The third-order valence-electron chi connectivity index (χ3n) is 2.54. The topological polar surface area (TPSA) is 54.9 Å². The number of thioether (sulfide) groups is 1. The first-order valence-electron chi connectivity index (χ1n) is 6.30. The Bertz CT molecular complexity index is 658. The van der Waals surface area contributed by atoms with E-state index in [2.05, 4.69) is 15.5 Å². The molecule has 0 saturated heterocycles. The summed E-state index contributed by atoms with van der Waals surface area (Å²) in [6.45, 7) is 1.97. The molecule has 4 nitrogen and oxygen atoms in total. The second-order valence-corrected chi connectivity index (χ2v) is 6.72. The number of hydrogen-bond donors (Lipinski definition) is 1. The monoisotopic (exact) mass is 347 g/mol. The second kappa shape index (κ2) is 7.10. The highest BCUT2D eigenvalue weighted by atomic mass is 32.2. The lowest BCUT2D eigenvalue weighted by molar-refractivity contribution is -0.137. The van der Waals surface area contributed by atoms with Crippen molar-refractivity contribution in [1.29, 1.82) is 0 Å². The molecule has 0 unspecified atom stereocenters. The molecule has 0 bridgehead atoms. The predicted octanol–water partition coefficient (Wildman–Crippen LogP) is 3.85. The summed E-state index contributed by atoms with van der Waals surface area (Å²) in [6.07, 6.45) is -4.57. The van der Waals surface area contributed by atoms with E-state index >= 15 is 0 Å². The van der Waals surface area contributed by atoms with Crippen LogP contribution in [0.25, 0.3) is 0 Å². The zero-order valence-electron chi connectivity index (χ0n) is 11.5. The Morgan fingerprint density at radius 3 is 2.82 bits per heavy atom. The molecule has 0 spiro atoms. The van der Waals surface area contributed by atoms with Crippen molar-refractivity contribution < 1.29 is 18.0 Å². The summed E-state index contributed by atoms with van der Waals surface area (Å²) in [7, 11) is 0. The second-order valence-electron chi connectivity index (χ2n) is 4.23. The van der Waals surface area contributed by atoms with Crippen molar-refractivity contribution in [1.82, 2.24) is 10.2 Å². The minimum atomic E-state index is -4.42. The highest BCUT2D eigenvalue weighted by Gasteiger charge is 2.30. The minimum absolute atomic E-state index is 0.153. The number of alkyl halides is 3. The Morgan fingerprint density at radius 1 is 1.36 bits per heavy atom. The number of aromatic nitrogens is 2. The Morgan fingerprint density at radius 2 is 2.14 bits per heavy atom. The summed E-state index contributed by atoms with van der Waals surface area (Å²) < 4.78 is 38.6. The number of benzene rings is 1. The number of halogens is 3. The number of carbonyl (C=O) groups excluding carboxylic acids is 1. The van der Waals surface area contributed by atoms with E-state index in [0.717, 1.165) is 22.2 Å². The van der Waals surface area contributed by atoms with Gasteiger partial charge in [0.2, 0.25) is 11.0 Å². The van der Waals surface area contributed by atoms with E-state index in [1.54, 1.807) is 0 Å². The first-order chi connectivity index (χ1) is 10.4. The Hall–Kier alpha value is -1.61. The average Bonchev–Trinajstić information content (AvgIpc) is 2.85. The van der Waals surface area contributed by atoms with Crippen molar-refractivity contribution in [2.24, 2.45) is 0 Å². The summed E-state index contributed by atoms with van der Waals surface area (Å²) in [5.41, 5.74) is -0.477. The van der Waals surface area contributed by atoms with E-state index in [-0.39, 0.29) is 6.42 Å². The number of carbonyl (C=O) groups is 1. The van der Waals surface area contributed by atoms with Crippen molar-refractivity contribution in [3.05, 3.63) is 35.4 Å². The third-order valence-corrected chi connectivity index (χ3v) is 4.39. The highest BCUT2D eigenvalue weighted by molar-refractivity contribution is 8.01. The summed E-state index contributed by atoms with van der Waals surface area (Å²) in [5.74, 6) is 0.413. The number of hydrogen-bond acceptors (Lipinski definition) is 5. The Kier molecular flexibility index (Phi) is 5.41. The van der Waals surface area contributed by atoms with Gasteiger partial charge >= 0.3 is 6.18 Å². The van der Waals surface area contributed by atoms with Gasteiger partial charge in [-0.3, -0.25) is 4.79 Å². The fourth-order valence-corrected chi connectivity index (χ4v) is 3.31. The Labute approximate surface area is 133 Å². The molecule has 1 aromatic carbocycles. The lowest BCUT2D eigenvalue weighted by Gasteiger charge is -2.08. The van der Waals surface area contributed by atoms with Gasteiger partial charge in [0, 0.05) is 0 Å². The summed E-state index contributed by atoms with van der Waals surface area (Å²) in [6, 6.07) is 4.71. The minimum Gasteiger partial charge on any atom is -0.300 e. The molecule has 0 radical (unpaired) electrons. The molecule has 1 heterocycles. The summed E-state index contributed by atoms with van der Waals surface area (Å²) in [5, 5.41) is 10.6. The molecule has 0 aliphatic rings. The van der Waals surface area contributed by atoms with Crippen LogP contribution in [0.15, 0.2) is 28.6 Å². The van der Waals surface area contributed by atoms with Crippen LogP contribution in [0.1, 0.15) is 18.1 Å². The van der Waals surface area contributed by atoms with Crippen molar-refractivity contribution >= 4 is 34.1 Å². The molecule has 118 valence electrons. The fraction of sp³-hybridized carbons (Fsp3) is 0.308. The zero-order valence-corrected chi connectivity index (χ0v) is 13.1. The molecule has 1 N–H and O–H groups in total. The standard InChI is InChI=1S/C13H12F3N3OS2/c1-2-21-12-19-18-11(22-12)17-10(20)7-8-4-3-5-9(6-8)13(14,15)16/h3-6H,2,7H2,1H3,(H,17,18,20). The van der Waals surface area contributed by atoms with Gasteiger partial charge in [0.15, 0.2) is 4.34 Å². The maximum absolute atomic E-state index is 12.6. The van der Waals surface area contributed by atoms with Crippen molar-refractivity contribution in [3.8, 4) is 0 Å². The quantitative estimate of drug-likeness (QED) is 0.659. The van der Waals surface area contributed by atoms with Crippen LogP contribution < -0.4 is 5.32 Å². The molecule has 1 aromatic heterocycles. The van der Waals surface area contributed by atoms with Crippen LogP contribution in [-0.4, -0.2) is 21.9 Å². The lowest BCUT2D eigenvalue weighted by Crippen LogP contribution is -2.15. The number of rotatable bonds is 5. The first kappa shape index (κ1) is 16.8. The van der Waals surface area contributed by atoms with Crippen LogP contribution in [0, 0.1) is 0 Å². The number of nitrogens with zero attached hydrogens (tertiary/aromatic N) is 2. The van der Waals surface area contributed by atoms with Crippen LogP contribution in [-0.2, 0) is 17.4 Å². The predicted molar refractivity (Wildman–Crippen MR) is 80.1 cm³/mol. The molecule has 0 atom stereocenters. The molecule has 22 heavy (non-hydrogen) atoms. The number of nitrogens with one attached hydrogen (secondary N) is 1. The first-order valence-corrected chi connectivity index (χ1v) is 8.11. The molecular weight excluding hydrogens is 335 g/mol. The lowest BCUT2D eigenvalue weighted by atomic mass is 10.1. The molecule has 9 heteroatoms. The van der Waals surface area contributed by atoms with Gasteiger partial charge in [0.1, 0.15) is 0 Å². The van der Waals surface area contributed by atoms with Gasteiger partial charge in [-0.2, -0.15) is 13.2 Å². The highest BCUT2D eigenvalue weighted by Crippen LogP contribution is 2.30. The van der Waals surface area contributed by atoms with Gasteiger partial charge < -0.3 is 5.32 Å². The van der Waals surface area contributed by atoms with Gasteiger partial charge in [-0.05, 0) is 17.4 Å². The maximum Gasteiger partial charge on any atom is 0.416 e. The molecule has 0 aliphatic carbocycles. The third kappa shape index (κ3) is 4.70. The molecule has 1 amide bonds. The smallest absolute Gasteiger partial charge is 0.300 e. The van der Waals surface area contributed by atoms with Crippen molar-refractivity contribution in [3.63, 3.8) is 0 Å². The molecular formula is C13H12F3N3OS2. The van der Waals surface area contributed by atoms with Gasteiger partial charge in [-0.15, -0.1) is 10.2 Å². The van der Waals surface area contributed by atoms with Gasteiger partial charge in [0.25, 0.3) is 0 Å². The van der Waals surface area contributed by atoms with Gasteiger partial charge in [-0.1, -0.05) is 48.2 Å². The molecule has 0 fully saturated rings. The van der Waals surface area contributed by atoms with E-state index in [9.17, 15) is 18.0 Å². The van der Waals surface area contributed by atoms with Crippen molar-refractivity contribution in [2.45, 2.75) is 23.9 Å². The van der Waals surface area contributed by atoms with E-state index in [1.807, 2.05) is 6.92 Å². The summed E-state index contributed by atoms with van der Waals surface area (Å²) >= 11 is 2.73. The summed E-state index contributed by atoms with van der Waals surface area (Å²) in [4.78, 5) is 11.8. The zero-order chi connectivity index (χ0) is 16.2. The average molecular weight is 347 g/mol. The van der Waals surface area contributed by atoms with E-state index in [4.69, 9.17) is 0 Å². The Balaban J connectivity index is 1.99. The van der Waals surface area contributed by atoms with E-state index in [0.29, 0.717) is 10.7 Å². The maximum atomic E-state index is 12.6. The van der Waals surface area contributed by atoms with E-state index in [1.165, 1.54) is 35.2 Å². The van der Waals surface area contributed by atoms with Crippen LogP contribution in [0.5, 0.6) is 0 Å². The van der Waals surface area contributed by atoms with Gasteiger partial charge in [-0.25, -0.2) is 0 Å². The molecule has 2 aromatic rings. The van der Waals surface area contributed by atoms with Crippen molar-refractivity contribution in [2.75, 3.05) is 11.1 Å². The van der Waals surface area contributed by atoms with Crippen LogP contribution in [0.2, 0.25) is 0 Å². The number of anilines is 1. The fourth-order valence-electron chi connectivity index (χ4n) is 1.65. The SMILES string of the molecule is CCSc1nnc(NC(=O)Cc2cccc(C(F)(F)F)c2)s1. The molecule has 0 aliphatic heterocycles. The van der Waals surface area contributed by atoms with Gasteiger partial charge in [0.05, 0.1) is 12.0 Å². The number of amides is 1. The normalized spacial score (nSPS) is 11.5. The molecule has 2 rings (SSSR count).